The number of nitrogens with one attached hydrogen (secondary N) is 2. The first-order valence-electron chi connectivity index (χ1n) is 7.89. The van der Waals surface area contributed by atoms with Gasteiger partial charge in [-0.05, 0) is 32.0 Å². The zero-order valence-corrected chi connectivity index (χ0v) is 16.1. The number of benzene rings is 1. The molecule has 1 aromatic carbocycles. The molecule has 0 radical (unpaired) electrons. The number of nitrogens with zero attached hydrogens (tertiary/aromatic N) is 1. The van der Waals surface area contributed by atoms with Crippen LogP contribution in [0.3, 0.4) is 0 Å². The second-order valence-corrected chi connectivity index (χ2v) is 8.04. The monoisotopic (exact) mass is 407 g/mol. The number of carbonyl (C=O) groups excluding carboxylic acids is 2. The molecule has 0 aliphatic heterocycles. The van der Waals surface area contributed by atoms with Crippen LogP contribution in [0.2, 0.25) is 0 Å². The molecule has 2 amide bonds. The molecule has 2 N–H and O–H groups in total. The average Bonchev–Trinajstić information content (AvgIpc) is 3.18. The Morgan fingerprint density at radius 2 is 1.96 bits per heavy atom. The molecule has 0 saturated heterocycles. The van der Waals surface area contributed by atoms with E-state index >= 15 is 0 Å². The van der Waals surface area contributed by atoms with Crippen molar-refractivity contribution in [2.24, 2.45) is 0 Å². The Morgan fingerprint density at radius 1 is 1.19 bits per heavy atom. The van der Waals surface area contributed by atoms with Crippen molar-refractivity contribution in [3.63, 3.8) is 0 Å². The van der Waals surface area contributed by atoms with Crippen LogP contribution in [0.4, 0.5) is 13.9 Å². The van der Waals surface area contributed by atoms with E-state index in [9.17, 15) is 18.4 Å². The first kappa shape index (κ1) is 19.1. The predicted molar refractivity (Wildman–Crippen MR) is 102 cm³/mol. The molecule has 0 spiro atoms. The summed E-state index contributed by atoms with van der Waals surface area (Å²) in [6.45, 7) is 3.67. The third-order valence-electron chi connectivity index (χ3n) is 3.65. The Labute approximate surface area is 162 Å². The van der Waals surface area contributed by atoms with Crippen LogP contribution in [-0.4, -0.2) is 23.3 Å². The summed E-state index contributed by atoms with van der Waals surface area (Å²) in [5, 5.41) is 7.13. The standard InChI is InChI=1S/C18H15F2N3O2S2/c1-9-5-13(10(2)27-9)15-8-26-18(22-15)23-16(24)7-21-17(25)12-4-3-11(19)6-14(12)20/h3-6,8H,7H2,1-2H3,(H,21,25)(H,22,23,24). The molecule has 0 unspecified atom stereocenters. The van der Waals surface area contributed by atoms with Crippen LogP contribution in [0.5, 0.6) is 0 Å². The third-order valence-corrected chi connectivity index (χ3v) is 5.38. The van der Waals surface area contributed by atoms with Crippen LogP contribution in [-0.2, 0) is 4.79 Å². The van der Waals surface area contributed by atoms with Crippen LogP contribution < -0.4 is 10.6 Å². The summed E-state index contributed by atoms with van der Waals surface area (Å²) in [5.41, 5.74) is 1.47. The van der Waals surface area contributed by atoms with E-state index in [2.05, 4.69) is 15.6 Å². The van der Waals surface area contributed by atoms with Gasteiger partial charge >= 0.3 is 0 Å². The maximum Gasteiger partial charge on any atom is 0.254 e. The Hall–Kier alpha value is -2.65. The van der Waals surface area contributed by atoms with Crippen molar-refractivity contribution in [2.45, 2.75) is 13.8 Å². The lowest BCUT2D eigenvalue weighted by molar-refractivity contribution is -0.115. The largest absolute Gasteiger partial charge is 0.343 e. The highest BCUT2D eigenvalue weighted by atomic mass is 32.1. The summed E-state index contributed by atoms with van der Waals surface area (Å²) in [7, 11) is 0. The van der Waals surface area contributed by atoms with E-state index < -0.39 is 23.4 Å². The second-order valence-electron chi connectivity index (χ2n) is 5.72. The van der Waals surface area contributed by atoms with E-state index in [0.717, 1.165) is 28.3 Å². The molecule has 2 heterocycles. The molecule has 0 bridgehead atoms. The number of amides is 2. The molecule has 0 atom stereocenters. The first-order chi connectivity index (χ1) is 12.8. The fourth-order valence-corrected chi connectivity index (χ4v) is 4.09. The van der Waals surface area contributed by atoms with Gasteiger partial charge in [0.25, 0.3) is 5.91 Å². The topological polar surface area (TPSA) is 71.1 Å². The highest BCUT2D eigenvalue weighted by Gasteiger charge is 2.15. The third kappa shape index (κ3) is 4.55. The van der Waals surface area contributed by atoms with Crippen LogP contribution >= 0.6 is 22.7 Å². The summed E-state index contributed by atoms with van der Waals surface area (Å²) in [4.78, 5) is 30.6. The number of thiazole rings is 1. The van der Waals surface area contributed by atoms with Crippen LogP contribution in [0, 0.1) is 25.5 Å². The highest BCUT2D eigenvalue weighted by Crippen LogP contribution is 2.32. The van der Waals surface area contributed by atoms with Gasteiger partial charge in [-0.15, -0.1) is 22.7 Å². The van der Waals surface area contributed by atoms with Crippen molar-refractivity contribution in [1.82, 2.24) is 10.3 Å². The zero-order valence-electron chi connectivity index (χ0n) is 14.4. The molecule has 5 nitrogen and oxygen atoms in total. The smallest absolute Gasteiger partial charge is 0.254 e. The highest BCUT2D eigenvalue weighted by molar-refractivity contribution is 7.14. The fourth-order valence-electron chi connectivity index (χ4n) is 2.43. The quantitative estimate of drug-likeness (QED) is 0.668. The summed E-state index contributed by atoms with van der Waals surface area (Å²) >= 11 is 2.95. The van der Waals surface area contributed by atoms with E-state index in [1.165, 1.54) is 16.2 Å². The molecule has 3 aromatic rings. The van der Waals surface area contributed by atoms with Gasteiger partial charge in [-0.25, -0.2) is 13.8 Å². The number of anilines is 1. The molecule has 2 aromatic heterocycles. The predicted octanol–water partition coefficient (Wildman–Crippen LogP) is 4.14. The van der Waals surface area contributed by atoms with Gasteiger partial charge in [-0.1, -0.05) is 0 Å². The minimum Gasteiger partial charge on any atom is -0.343 e. The molecule has 0 aliphatic rings. The number of aromatic nitrogens is 1. The molecule has 0 fully saturated rings. The summed E-state index contributed by atoms with van der Waals surface area (Å²) < 4.78 is 26.4. The van der Waals surface area contributed by atoms with Crippen molar-refractivity contribution in [1.29, 1.82) is 0 Å². The SMILES string of the molecule is Cc1cc(-c2csc(NC(=O)CNC(=O)c3ccc(F)cc3F)n2)c(C)s1. The maximum absolute atomic E-state index is 13.6. The van der Waals surface area contributed by atoms with E-state index in [4.69, 9.17) is 0 Å². The Morgan fingerprint density at radius 3 is 2.63 bits per heavy atom. The van der Waals surface area contributed by atoms with Crippen LogP contribution in [0.1, 0.15) is 20.1 Å². The number of aryl methyl sites for hydroxylation is 2. The van der Waals surface area contributed by atoms with Gasteiger partial charge in [0.05, 0.1) is 17.8 Å². The lowest BCUT2D eigenvalue weighted by Crippen LogP contribution is -2.33. The molecule has 27 heavy (non-hydrogen) atoms. The number of halogens is 2. The number of rotatable bonds is 5. The van der Waals surface area contributed by atoms with Crippen molar-refractivity contribution >= 4 is 39.6 Å². The van der Waals surface area contributed by atoms with Crippen molar-refractivity contribution < 1.29 is 18.4 Å². The average molecular weight is 407 g/mol. The minimum atomic E-state index is -0.987. The van der Waals surface area contributed by atoms with Crippen molar-refractivity contribution in [2.75, 3.05) is 11.9 Å². The Bertz CT molecular complexity index is 1010. The van der Waals surface area contributed by atoms with E-state index in [1.54, 1.807) is 11.3 Å². The molecule has 0 aliphatic carbocycles. The number of thiophene rings is 1. The lowest BCUT2D eigenvalue weighted by atomic mass is 10.2. The van der Waals surface area contributed by atoms with Crippen LogP contribution in [0.25, 0.3) is 11.3 Å². The summed E-state index contributed by atoms with van der Waals surface area (Å²) in [6, 6.07) is 4.65. The Balaban J connectivity index is 1.58. The molecular formula is C18H15F2N3O2S2. The van der Waals surface area contributed by atoms with Gasteiger partial charge in [0, 0.05) is 26.8 Å². The lowest BCUT2D eigenvalue weighted by Gasteiger charge is -2.06. The Kier molecular flexibility index (Phi) is 5.62. The van der Waals surface area contributed by atoms with E-state index in [1.807, 2.05) is 25.3 Å². The fraction of sp³-hybridized carbons (Fsp3) is 0.167. The molecule has 0 saturated carbocycles. The summed E-state index contributed by atoms with van der Waals surface area (Å²) in [5.74, 6) is -3.06. The number of carbonyl (C=O) groups is 2. The normalized spacial score (nSPS) is 10.7. The zero-order chi connectivity index (χ0) is 19.6. The molecule has 9 heteroatoms. The van der Waals surface area contributed by atoms with E-state index in [-0.39, 0.29) is 12.1 Å². The molecule has 140 valence electrons. The second kappa shape index (κ2) is 7.93. The molecular weight excluding hydrogens is 392 g/mol. The van der Waals surface area contributed by atoms with Gasteiger partial charge in [-0.3, -0.25) is 9.59 Å². The van der Waals surface area contributed by atoms with Crippen molar-refractivity contribution in [3.05, 3.63) is 56.6 Å². The summed E-state index contributed by atoms with van der Waals surface area (Å²) in [6.07, 6.45) is 0. The maximum atomic E-state index is 13.6. The minimum absolute atomic E-state index is 0.330. The van der Waals surface area contributed by atoms with Gasteiger partial charge < -0.3 is 10.6 Å². The van der Waals surface area contributed by atoms with Gasteiger partial charge in [0.2, 0.25) is 5.91 Å². The van der Waals surface area contributed by atoms with Crippen molar-refractivity contribution in [3.8, 4) is 11.3 Å². The first-order valence-corrected chi connectivity index (χ1v) is 9.59. The molecule has 3 rings (SSSR count). The van der Waals surface area contributed by atoms with Crippen LogP contribution in [0.15, 0.2) is 29.6 Å². The van der Waals surface area contributed by atoms with Gasteiger partial charge in [-0.2, -0.15) is 0 Å². The van der Waals surface area contributed by atoms with E-state index in [0.29, 0.717) is 11.2 Å². The number of hydrogen-bond acceptors (Lipinski definition) is 5. The number of hydrogen-bond donors (Lipinski definition) is 2. The van der Waals surface area contributed by atoms with Gasteiger partial charge in [0.15, 0.2) is 5.13 Å². The van der Waals surface area contributed by atoms with Gasteiger partial charge in [0.1, 0.15) is 11.6 Å².